The first-order valence-electron chi connectivity index (χ1n) is 7.13. The van der Waals surface area contributed by atoms with E-state index < -0.39 is 5.91 Å². The fourth-order valence-corrected chi connectivity index (χ4v) is 2.66. The summed E-state index contributed by atoms with van der Waals surface area (Å²) in [6, 6.07) is 16.5. The van der Waals surface area contributed by atoms with Crippen LogP contribution in [0, 0.1) is 0 Å². The molecule has 0 bridgehead atoms. The number of primary amides is 1. The van der Waals surface area contributed by atoms with Gasteiger partial charge in [-0.2, -0.15) is 0 Å². The molecule has 2 amide bonds. The Morgan fingerprint density at radius 2 is 1.74 bits per heavy atom. The molecule has 3 N–H and O–H groups in total. The predicted molar refractivity (Wildman–Crippen MR) is 90.6 cm³/mol. The van der Waals surface area contributed by atoms with Crippen molar-refractivity contribution >= 4 is 23.6 Å². The van der Waals surface area contributed by atoms with Crippen LogP contribution in [0.1, 0.15) is 10.4 Å². The Labute approximate surface area is 139 Å². The van der Waals surface area contributed by atoms with Crippen LogP contribution in [-0.2, 0) is 4.79 Å². The molecule has 0 aliphatic rings. The van der Waals surface area contributed by atoms with Crippen molar-refractivity contribution in [2.45, 2.75) is 4.90 Å². The van der Waals surface area contributed by atoms with Crippen LogP contribution in [0.15, 0.2) is 59.5 Å². The zero-order chi connectivity index (χ0) is 16.5. The fourth-order valence-electron chi connectivity index (χ4n) is 1.87. The van der Waals surface area contributed by atoms with Crippen molar-refractivity contribution < 1.29 is 14.3 Å². The number of carbonyl (C=O) groups excluding carboxylic acids is 2. The minimum Gasteiger partial charge on any atom is -0.483 e. The Morgan fingerprint density at radius 1 is 1.04 bits per heavy atom. The summed E-state index contributed by atoms with van der Waals surface area (Å²) in [4.78, 5) is 24.2. The van der Waals surface area contributed by atoms with E-state index in [9.17, 15) is 9.59 Å². The van der Waals surface area contributed by atoms with Gasteiger partial charge in [0.15, 0.2) is 6.61 Å². The molecule has 0 heterocycles. The molecule has 0 aromatic heterocycles. The van der Waals surface area contributed by atoms with Gasteiger partial charge < -0.3 is 15.8 Å². The van der Waals surface area contributed by atoms with Gasteiger partial charge in [-0.25, -0.2) is 0 Å². The van der Waals surface area contributed by atoms with Gasteiger partial charge in [0.25, 0.3) is 11.8 Å². The average Bonchev–Trinajstić information content (AvgIpc) is 2.58. The zero-order valence-electron chi connectivity index (χ0n) is 12.5. The third-order valence-corrected chi connectivity index (χ3v) is 3.96. The number of ether oxygens (including phenoxy) is 1. The van der Waals surface area contributed by atoms with Gasteiger partial charge in [-0.05, 0) is 24.3 Å². The number of para-hydroxylation sites is 1. The summed E-state index contributed by atoms with van der Waals surface area (Å²) >= 11 is 1.67. The van der Waals surface area contributed by atoms with E-state index in [-0.39, 0.29) is 18.1 Å². The topological polar surface area (TPSA) is 81.4 Å². The lowest BCUT2D eigenvalue weighted by Crippen LogP contribution is -2.31. The SMILES string of the molecule is NC(=O)c1ccccc1OCC(=O)NCCSc1ccccc1. The monoisotopic (exact) mass is 330 g/mol. The summed E-state index contributed by atoms with van der Waals surface area (Å²) in [6.07, 6.45) is 0. The maximum absolute atomic E-state index is 11.7. The molecule has 5 nitrogen and oxygen atoms in total. The lowest BCUT2D eigenvalue weighted by molar-refractivity contribution is -0.122. The van der Waals surface area contributed by atoms with E-state index in [0.717, 1.165) is 10.6 Å². The lowest BCUT2D eigenvalue weighted by Gasteiger charge is -2.09. The van der Waals surface area contributed by atoms with Crippen LogP contribution < -0.4 is 15.8 Å². The van der Waals surface area contributed by atoms with Crippen LogP contribution >= 0.6 is 11.8 Å². The molecule has 2 aromatic carbocycles. The first kappa shape index (κ1) is 16.9. The molecule has 2 rings (SSSR count). The van der Waals surface area contributed by atoms with Crippen LogP contribution in [-0.4, -0.2) is 30.7 Å². The number of nitrogens with two attached hydrogens (primary N) is 1. The molecular formula is C17H18N2O3S. The van der Waals surface area contributed by atoms with E-state index >= 15 is 0 Å². The van der Waals surface area contributed by atoms with Gasteiger partial charge in [-0.1, -0.05) is 30.3 Å². The quantitative estimate of drug-likeness (QED) is 0.573. The van der Waals surface area contributed by atoms with Gasteiger partial charge in [0.2, 0.25) is 0 Å². The molecule has 0 atom stereocenters. The second-order valence-electron chi connectivity index (χ2n) is 4.66. The van der Waals surface area contributed by atoms with Crippen molar-refractivity contribution in [2.24, 2.45) is 5.73 Å². The first-order chi connectivity index (χ1) is 11.2. The van der Waals surface area contributed by atoms with Gasteiger partial charge in [-0.3, -0.25) is 9.59 Å². The van der Waals surface area contributed by atoms with Gasteiger partial charge in [0.05, 0.1) is 5.56 Å². The van der Waals surface area contributed by atoms with Crippen LogP contribution in [0.4, 0.5) is 0 Å². The molecule has 0 aliphatic heterocycles. The second kappa shape index (κ2) is 8.85. The molecular weight excluding hydrogens is 312 g/mol. The highest BCUT2D eigenvalue weighted by molar-refractivity contribution is 7.99. The van der Waals surface area contributed by atoms with E-state index in [2.05, 4.69) is 5.32 Å². The molecule has 120 valence electrons. The molecule has 0 radical (unpaired) electrons. The van der Waals surface area contributed by atoms with Crippen LogP contribution in [0.3, 0.4) is 0 Å². The number of hydrogen-bond acceptors (Lipinski definition) is 4. The minimum atomic E-state index is -0.583. The molecule has 0 unspecified atom stereocenters. The summed E-state index contributed by atoms with van der Waals surface area (Å²) in [5.74, 6) is 0.264. The summed E-state index contributed by atoms with van der Waals surface area (Å²) in [7, 11) is 0. The van der Waals surface area contributed by atoms with Gasteiger partial charge in [0.1, 0.15) is 5.75 Å². The molecule has 0 fully saturated rings. The number of amides is 2. The van der Waals surface area contributed by atoms with Crippen molar-refractivity contribution in [1.29, 1.82) is 0 Å². The van der Waals surface area contributed by atoms with Crippen LogP contribution in [0.25, 0.3) is 0 Å². The molecule has 0 saturated carbocycles. The normalized spacial score (nSPS) is 10.1. The maximum Gasteiger partial charge on any atom is 0.257 e. The van der Waals surface area contributed by atoms with E-state index in [4.69, 9.17) is 10.5 Å². The Balaban J connectivity index is 1.70. The number of rotatable bonds is 8. The van der Waals surface area contributed by atoms with Crippen molar-refractivity contribution in [3.63, 3.8) is 0 Å². The molecule has 6 heteroatoms. The Morgan fingerprint density at radius 3 is 2.48 bits per heavy atom. The highest BCUT2D eigenvalue weighted by atomic mass is 32.2. The van der Waals surface area contributed by atoms with E-state index in [1.165, 1.54) is 0 Å². The number of hydrogen-bond donors (Lipinski definition) is 2. The third-order valence-electron chi connectivity index (χ3n) is 2.95. The zero-order valence-corrected chi connectivity index (χ0v) is 13.3. The third kappa shape index (κ3) is 5.67. The molecule has 0 saturated heterocycles. The Hall–Kier alpha value is -2.47. The highest BCUT2D eigenvalue weighted by Crippen LogP contribution is 2.17. The van der Waals surface area contributed by atoms with E-state index in [0.29, 0.717) is 12.3 Å². The summed E-state index contributed by atoms with van der Waals surface area (Å²) in [5, 5.41) is 2.77. The predicted octanol–water partition coefficient (Wildman–Crippen LogP) is 2.07. The standard InChI is InChI=1S/C17H18N2O3S/c18-17(21)14-8-4-5-9-15(14)22-12-16(20)19-10-11-23-13-6-2-1-3-7-13/h1-9H,10-12H2,(H2,18,21)(H,19,20). The molecule has 2 aromatic rings. The van der Waals surface area contributed by atoms with Crippen LogP contribution in [0.2, 0.25) is 0 Å². The van der Waals surface area contributed by atoms with Crippen molar-refractivity contribution in [1.82, 2.24) is 5.32 Å². The largest absolute Gasteiger partial charge is 0.483 e. The van der Waals surface area contributed by atoms with Gasteiger partial charge >= 0.3 is 0 Å². The molecule has 23 heavy (non-hydrogen) atoms. The maximum atomic E-state index is 11.7. The molecule has 0 spiro atoms. The average molecular weight is 330 g/mol. The van der Waals surface area contributed by atoms with Crippen molar-refractivity contribution in [2.75, 3.05) is 18.9 Å². The van der Waals surface area contributed by atoms with Gasteiger partial charge in [-0.15, -0.1) is 11.8 Å². The number of carbonyl (C=O) groups is 2. The first-order valence-corrected chi connectivity index (χ1v) is 8.11. The number of nitrogens with one attached hydrogen (secondary N) is 1. The summed E-state index contributed by atoms with van der Waals surface area (Å²) in [5.41, 5.74) is 5.52. The Bertz CT molecular complexity index is 662. The molecule has 0 aliphatic carbocycles. The number of benzene rings is 2. The Kier molecular flexibility index (Phi) is 6.50. The van der Waals surface area contributed by atoms with Crippen molar-refractivity contribution in [3.05, 3.63) is 60.2 Å². The highest BCUT2D eigenvalue weighted by Gasteiger charge is 2.10. The smallest absolute Gasteiger partial charge is 0.257 e. The summed E-state index contributed by atoms with van der Waals surface area (Å²) < 4.78 is 5.36. The van der Waals surface area contributed by atoms with Crippen LogP contribution in [0.5, 0.6) is 5.75 Å². The van der Waals surface area contributed by atoms with Crippen molar-refractivity contribution in [3.8, 4) is 5.75 Å². The fraction of sp³-hybridized carbons (Fsp3) is 0.176. The van der Waals surface area contributed by atoms with E-state index in [1.807, 2.05) is 30.3 Å². The number of thioether (sulfide) groups is 1. The van der Waals surface area contributed by atoms with Gasteiger partial charge in [0, 0.05) is 17.2 Å². The second-order valence-corrected chi connectivity index (χ2v) is 5.83. The van der Waals surface area contributed by atoms with E-state index in [1.54, 1.807) is 36.0 Å². The lowest BCUT2D eigenvalue weighted by atomic mass is 10.2. The summed E-state index contributed by atoms with van der Waals surface area (Å²) in [6.45, 7) is 0.388. The minimum absolute atomic E-state index is 0.152.